The first-order valence-corrected chi connectivity index (χ1v) is 6.47. The molecule has 3 atom stereocenters. The van der Waals surface area contributed by atoms with Gasteiger partial charge in [-0.2, -0.15) is 0 Å². The topological polar surface area (TPSA) is 0 Å². The van der Waals surface area contributed by atoms with Crippen molar-refractivity contribution in [2.75, 3.05) is 0 Å². The maximum atomic E-state index is 2.44. The van der Waals surface area contributed by atoms with Crippen LogP contribution in [0.5, 0.6) is 0 Å². The van der Waals surface area contributed by atoms with Crippen molar-refractivity contribution in [2.24, 2.45) is 17.8 Å². The first-order valence-electron chi connectivity index (χ1n) is 6.47. The monoisotopic (exact) mass is 196 g/mol. The molecule has 0 amide bonds. The normalized spacial score (nSPS) is 18.1. The molecule has 1 heteroatoms. The van der Waals surface area contributed by atoms with E-state index in [2.05, 4.69) is 42.5 Å². The Balaban J connectivity index is 3.84. The van der Waals surface area contributed by atoms with Crippen LogP contribution >= 0.6 is 0 Å². The average molecular weight is 196 g/mol. The van der Waals surface area contributed by atoms with Gasteiger partial charge in [0.15, 0.2) is 0 Å². The van der Waals surface area contributed by atoms with Crippen molar-refractivity contribution in [1.29, 1.82) is 0 Å². The van der Waals surface area contributed by atoms with Gasteiger partial charge >= 0.3 is 0 Å². The predicted octanol–water partition coefficient (Wildman–Crippen LogP) is 3.92. The maximum absolute atomic E-state index is 2.44. The molecule has 0 saturated carbocycles. The standard InChI is InChI=1S/C13H29B/c1-6-13(9-12(5)14)11(4)8-7-10(2)3/h10-13H,6-9,14H2,1-5H3. The van der Waals surface area contributed by atoms with Crippen LogP contribution in [0.2, 0.25) is 5.82 Å². The Kier molecular flexibility index (Phi) is 7.40. The van der Waals surface area contributed by atoms with Crippen LogP contribution in [-0.2, 0) is 0 Å². The molecule has 0 aromatic rings. The third-order valence-electron chi connectivity index (χ3n) is 3.30. The summed E-state index contributed by atoms with van der Waals surface area (Å²) in [7, 11) is 2.35. The third-order valence-corrected chi connectivity index (χ3v) is 3.30. The minimum atomic E-state index is 0.862. The summed E-state index contributed by atoms with van der Waals surface area (Å²) in [5.74, 6) is 3.61. The second kappa shape index (κ2) is 7.37. The molecule has 0 bridgehead atoms. The zero-order valence-electron chi connectivity index (χ0n) is 11.1. The van der Waals surface area contributed by atoms with Gasteiger partial charge in [0.1, 0.15) is 7.85 Å². The molecule has 0 fully saturated rings. The molecule has 0 aromatic carbocycles. The summed E-state index contributed by atoms with van der Waals surface area (Å²) in [6.07, 6.45) is 5.59. The first kappa shape index (κ1) is 14.1. The molecule has 84 valence electrons. The van der Waals surface area contributed by atoms with Gasteiger partial charge in [-0.1, -0.05) is 66.1 Å². The van der Waals surface area contributed by atoms with E-state index in [1.54, 1.807) is 0 Å². The Labute approximate surface area is 92.3 Å². The van der Waals surface area contributed by atoms with Gasteiger partial charge in [0.2, 0.25) is 0 Å². The fourth-order valence-corrected chi connectivity index (χ4v) is 2.24. The van der Waals surface area contributed by atoms with Crippen LogP contribution in [0.25, 0.3) is 0 Å². The van der Waals surface area contributed by atoms with E-state index in [0.29, 0.717) is 0 Å². The second-order valence-electron chi connectivity index (χ2n) is 5.75. The molecular formula is C13H29B. The molecule has 0 nitrogen and oxygen atoms in total. The van der Waals surface area contributed by atoms with E-state index in [-0.39, 0.29) is 0 Å². The molecule has 0 spiro atoms. The lowest BCUT2D eigenvalue weighted by Crippen LogP contribution is -2.13. The summed E-state index contributed by atoms with van der Waals surface area (Å²) in [6, 6.07) is 0. The van der Waals surface area contributed by atoms with Gasteiger partial charge in [0, 0.05) is 0 Å². The molecule has 0 aliphatic heterocycles. The fourth-order valence-electron chi connectivity index (χ4n) is 2.24. The number of hydrogen-bond donors (Lipinski definition) is 0. The highest BCUT2D eigenvalue weighted by atomic mass is 14.2. The van der Waals surface area contributed by atoms with Crippen molar-refractivity contribution in [3.8, 4) is 0 Å². The van der Waals surface area contributed by atoms with E-state index in [9.17, 15) is 0 Å². The smallest absolute Gasteiger partial charge is 0.0722 e. The molecule has 0 radical (unpaired) electrons. The zero-order valence-corrected chi connectivity index (χ0v) is 11.1. The summed E-state index contributed by atoms with van der Waals surface area (Å²) >= 11 is 0. The summed E-state index contributed by atoms with van der Waals surface area (Å²) in [6.45, 7) is 11.8. The molecular weight excluding hydrogens is 167 g/mol. The lowest BCUT2D eigenvalue weighted by Gasteiger charge is -2.25. The molecule has 0 heterocycles. The molecule has 3 unspecified atom stereocenters. The average Bonchev–Trinajstić information content (AvgIpc) is 2.09. The second-order valence-corrected chi connectivity index (χ2v) is 5.75. The van der Waals surface area contributed by atoms with Crippen LogP contribution < -0.4 is 0 Å². The quantitative estimate of drug-likeness (QED) is 0.541. The lowest BCUT2D eigenvalue weighted by molar-refractivity contribution is 0.289. The van der Waals surface area contributed by atoms with Crippen molar-refractivity contribution in [2.45, 2.75) is 66.1 Å². The lowest BCUT2D eigenvalue weighted by atomic mass is 9.75. The van der Waals surface area contributed by atoms with E-state index in [1.807, 2.05) is 0 Å². The van der Waals surface area contributed by atoms with Gasteiger partial charge < -0.3 is 0 Å². The van der Waals surface area contributed by atoms with Gasteiger partial charge in [-0.25, -0.2) is 0 Å². The summed E-state index contributed by atoms with van der Waals surface area (Å²) in [4.78, 5) is 0. The summed E-state index contributed by atoms with van der Waals surface area (Å²) in [5, 5.41) is 0. The predicted molar refractivity (Wildman–Crippen MR) is 69.6 cm³/mol. The minimum Gasteiger partial charge on any atom is -0.0722 e. The number of hydrogen-bond acceptors (Lipinski definition) is 0. The molecule has 0 N–H and O–H groups in total. The molecule has 0 aliphatic carbocycles. The Bertz CT molecular complexity index is 129. The Morgan fingerprint density at radius 1 is 1.00 bits per heavy atom. The minimum absolute atomic E-state index is 0.862. The van der Waals surface area contributed by atoms with Crippen molar-refractivity contribution < 1.29 is 0 Å². The Hall–Kier alpha value is 0.0649. The largest absolute Gasteiger partial charge is 0.105 e. The number of rotatable bonds is 7. The highest BCUT2D eigenvalue weighted by Crippen LogP contribution is 2.28. The molecule has 0 aliphatic rings. The van der Waals surface area contributed by atoms with Crippen LogP contribution in [0.1, 0.15) is 60.3 Å². The third kappa shape index (κ3) is 6.51. The van der Waals surface area contributed by atoms with Gasteiger partial charge in [-0.15, -0.1) is 0 Å². The van der Waals surface area contributed by atoms with Gasteiger partial charge in [0.25, 0.3) is 0 Å². The Morgan fingerprint density at radius 2 is 1.57 bits per heavy atom. The van der Waals surface area contributed by atoms with Crippen molar-refractivity contribution in [1.82, 2.24) is 0 Å². The van der Waals surface area contributed by atoms with Crippen molar-refractivity contribution in [3.05, 3.63) is 0 Å². The van der Waals surface area contributed by atoms with Crippen LogP contribution in [0.15, 0.2) is 0 Å². The summed E-state index contributed by atoms with van der Waals surface area (Å²) in [5.41, 5.74) is 0. The SMILES string of the molecule is BC(C)CC(CC)C(C)CCC(C)C. The highest BCUT2D eigenvalue weighted by molar-refractivity contribution is 6.11. The first-order chi connectivity index (χ1) is 6.47. The van der Waals surface area contributed by atoms with Crippen molar-refractivity contribution >= 4 is 7.85 Å². The van der Waals surface area contributed by atoms with Gasteiger partial charge in [-0.3, -0.25) is 0 Å². The van der Waals surface area contributed by atoms with Crippen molar-refractivity contribution in [3.63, 3.8) is 0 Å². The van der Waals surface area contributed by atoms with Crippen LogP contribution in [0.4, 0.5) is 0 Å². The van der Waals surface area contributed by atoms with E-state index in [4.69, 9.17) is 0 Å². The van der Waals surface area contributed by atoms with Crippen LogP contribution in [0.3, 0.4) is 0 Å². The molecule has 0 saturated heterocycles. The van der Waals surface area contributed by atoms with Gasteiger partial charge in [-0.05, 0) is 17.8 Å². The Morgan fingerprint density at radius 3 is 1.93 bits per heavy atom. The highest BCUT2D eigenvalue weighted by Gasteiger charge is 2.16. The van der Waals surface area contributed by atoms with Gasteiger partial charge in [0.05, 0.1) is 0 Å². The molecule has 14 heavy (non-hydrogen) atoms. The molecule has 0 aromatic heterocycles. The molecule has 0 rings (SSSR count). The zero-order chi connectivity index (χ0) is 11.1. The van der Waals surface area contributed by atoms with E-state index >= 15 is 0 Å². The van der Waals surface area contributed by atoms with E-state index in [1.165, 1.54) is 25.7 Å². The van der Waals surface area contributed by atoms with Crippen LogP contribution in [0, 0.1) is 17.8 Å². The maximum Gasteiger partial charge on any atom is 0.105 e. The fraction of sp³-hybridized carbons (Fsp3) is 1.00. The van der Waals surface area contributed by atoms with E-state index < -0.39 is 0 Å². The van der Waals surface area contributed by atoms with E-state index in [0.717, 1.165) is 23.6 Å². The summed E-state index contributed by atoms with van der Waals surface area (Å²) < 4.78 is 0. The van der Waals surface area contributed by atoms with Crippen LogP contribution in [-0.4, -0.2) is 7.85 Å².